The Morgan fingerprint density at radius 1 is 0.866 bits per heavy atom. The average Bonchev–Trinajstić information content (AvgIpc) is 4.02. The van der Waals surface area contributed by atoms with Crippen LogP contribution in [0.15, 0.2) is 66.3 Å². The van der Waals surface area contributed by atoms with Crippen LogP contribution in [0.5, 0.6) is 0 Å². The van der Waals surface area contributed by atoms with E-state index < -0.39 is 35.2 Å². The third-order valence-electron chi connectivity index (χ3n) is 10.8. The summed E-state index contributed by atoms with van der Waals surface area (Å²) >= 11 is 14.4. The summed E-state index contributed by atoms with van der Waals surface area (Å²) in [6.07, 6.45) is 20.6. The summed E-state index contributed by atoms with van der Waals surface area (Å²) in [4.78, 5) is 33.2. The quantitative estimate of drug-likeness (QED) is 0.124. The molecular weight excluding hydrogens is 961 g/mol. The molecule has 1 aliphatic heterocycles. The summed E-state index contributed by atoms with van der Waals surface area (Å²) in [6.45, 7) is 14.0. The number of aromatic nitrogens is 10. The summed E-state index contributed by atoms with van der Waals surface area (Å²) in [6, 6.07) is 8.34. The van der Waals surface area contributed by atoms with E-state index in [9.17, 15) is 22.7 Å². The summed E-state index contributed by atoms with van der Waals surface area (Å²) in [5.74, 6) is -0.0136. The molecule has 67 heavy (non-hydrogen) atoms. The van der Waals surface area contributed by atoms with Gasteiger partial charge in [0.05, 0.1) is 66.6 Å². The first kappa shape index (κ1) is 53.0. The van der Waals surface area contributed by atoms with Crippen LogP contribution in [0.2, 0.25) is 0 Å². The zero-order valence-electron chi connectivity index (χ0n) is 38.9. The van der Waals surface area contributed by atoms with Gasteiger partial charge in [-0.05, 0) is 59.1 Å². The van der Waals surface area contributed by atoms with E-state index in [0.717, 1.165) is 64.5 Å². The maximum Gasteiger partial charge on any atom is 0.237 e. The zero-order valence-corrected chi connectivity index (χ0v) is 42.8. The molecule has 1 aliphatic carbocycles. The van der Waals surface area contributed by atoms with Crippen LogP contribution in [0.1, 0.15) is 85.4 Å². The number of halogens is 3. The highest BCUT2D eigenvalue weighted by Crippen LogP contribution is 2.42. The molecule has 0 radical (unpaired) electrons. The number of fused-ring (bicyclic) bond motifs is 2. The molecule has 8 rings (SSSR count). The molecule has 0 amide bonds. The largest absolute Gasteiger partial charge is 0.346 e. The fourth-order valence-corrected chi connectivity index (χ4v) is 10.4. The van der Waals surface area contributed by atoms with E-state index in [4.69, 9.17) is 40.1 Å². The molecular formula is C43H56Cl3N15O4S2. The second kappa shape index (κ2) is 21.5. The molecule has 24 heteroatoms. The van der Waals surface area contributed by atoms with Crippen molar-refractivity contribution in [3.63, 3.8) is 0 Å². The molecule has 2 N–H and O–H groups in total. The lowest BCUT2D eigenvalue weighted by atomic mass is 9.75. The number of hydrogen-bond acceptors (Lipinski definition) is 13. The lowest BCUT2D eigenvalue weighted by Crippen LogP contribution is -2.63. The minimum absolute atomic E-state index is 0.00463. The Labute approximate surface area is 406 Å². The van der Waals surface area contributed by atoms with Gasteiger partial charge in [-0.25, -0.2) is 46.0 Å². The second-order valence-electron chi connectivity index (χ2n) is 18.0. The van der Waals surface area contributed by atoms with Crippen LogP contribution in [0.4, 0.5) is 0 Å². The molecule has 0 spiro atoms. The number of nitriles is 2. The summed E-state index contributed by atoms with van der Waals surface area (Å²) in [7, 11) is -5.43. The van der Waals surface area contributed by atoms with Gasteiger partial charge in [0.15, 0.2) is 9.94 Å². The number of nitrogens with one attached hydrogen (secondary N) is 2. The highest BCUT2D eigenvalue weighted by molar-refractivity contribution is 7.90. The lowest BCUT2D eigenvalue weighted by Gasteiger charge is -2.48. The normalized spacial score (nSPS) is 16.3. The van der Waals surface area contributed by atoms with Gasteiger partial charge in [0.25, 0.3) is 0 Å². The molecule has 6 aromatic rings. The number of alkyl halides is 3. The van der Waals surface area contributed by atoms with Crippen LogP contribution in [0.25, 0.3) is 44.6 Å². The molecule has 0 bridgehead atoms. The maximum atomic E-state index is 12.9. The summed E-state index contributed by atoms with van der Waals surface area (Å²) in [5.41, 5.74) is 3.42. The zero-order chi connectivity index (χ0) is 49.5. The van der Waals surface area contributed by atoms with Crippen molar-refractivity contribution in [2.75, 3.05) is 25.6 Å². The van der Waals surface area contributed by atoms with Crippen molar-refractivity contribution in [1.82, 2.24) is 58.1 Å². The summed E-state index contributed by atoms with van der Waals surface area (Å²) in [5, 5.41) is 29.3. The van der Waals surface area contributed by atoms with Crippen LogP contribution in [0, 0.1) is 28.1 Å². The molecule has 1 atom stereocenters. The van der Waals surface area contributed by atoms with Crippen LogP contribution in [-0.4, -0.2) is 114 Å². The number of sulfonamides is 1. The molecule has 2 aliphatic rings. The van der Waals surface area contributed by atoms with Crippen molar-refractivity contribution in [2.45, 2.75) is 108 Å². The third-order valence-corrected chi connectivity index (χ3v) is 13.7. The first-order chi connectivity index (χ1) is 31.3. The smallest absolute Gasteiger partial charge is 0.237 e. The van der Waals surface area contributed by atoms with Crippen LogP contribution >= 0.6 is 34.8 Å². The Kier molecular flexibility index (Phi) is 17.0. The van der Waals surface area contributed by atoms with Gasteiger partial charge in [-0.1, -0.05) is 55.6 Å². The van der Waals surface area contributed by atoms with Gasteiger partial charge in [-0.15, -0.1) is 0 Å². The molecule has 2 fully saturated rings. The van der Waals surface area contributed by atoms with Crippen molar-refractivity contribution >= 4 is 82.7 Å². The highest BCUT2D eigenvalue weighted by Gasteiger charge is 2.48. The molecule has 1 unspecified atom stereocenters. The summed E-state index contributed by atoms with van der Waals surface area (Å²) < 4.78 is 46.6. The molecule has 6 aromatic heterocycles. The van der Waals surface area contributed by atoms with Crippen LogP contribution in [-0.2, 0) is 31.0 Å². The van der Waals surface area contributed by atoms with Crippen molar-refractivity contribution in [2.24, 2.45) is 9.78 Å². The maximum absolute atomic E-state index is 12.9. The predicted octanol–water partition coefficient (Wildman–Crippen LogP) is 7.87. The van der Waals surface area contributed by atoms with E-state index in [1.54, 1.807) is 43.3 Å². The fraction of sp³-hybridized carbons (Fsp3) is 0.512. The molecule has 7 heterocycles. The number of rotatable bonds is 10. The second-order valence-corrected chi connectivity index (χ2v) is 24.0. The number of carbonyl (C=O) groups is 1. The predicted molar refractivity (Wildman–Crippen MR) is 262 cm³/mol. The van der Waals surface area contributed by atoms with Gasteiger partial charge in [0.2, 0.25) is 15.9 Å². The van der Waals surface area contributed by atoms with Gasteiger partial charge in [-0.3, -0.25) is 18.7 Å². The minimum Gasteiger partial charge on any atom is -0.346 e. The Morgan fingerprint density at radius 3 is 1.88 bits per heavy atom. The van der Waals surface area contributed by atoms with E-state index >= 15 is 0 Å². The first-order valence-corrected chi connectivity index (χ1v) is 26.3. The Balaban J connectivity index is 0.000000202. The van der Waals surface area contributed by atoms with E-state index in [-0.39, 0.29) is 30.0 Å². The van der Waals surface area contributed by atoms with E-state index in [1.165, 1.54) is 12.7 Å². The Hall–Kier alpha value is -5.00. The van der Waals surface area contributed by atoms with Crippen molar-refractivity contribution < 1.29 is 17.4 Å². The van der Waals surface area contributed by atoms with Crippen LogP contribution < -0.4 is 4.72 Å². The number of nitrogens with zero attached hydrogens (tertiary/aromatic N) is 13. The van der Waals surface area contributed by atoms with Gasteiger partial charge in [-0.2, -0.15) is 20.7 Å². The van der Waals surface area contributed by atoms with Gasteiger partial charge >= 0.3 is 0 Å². The molecule has 1 saturated heterocycles. The average molecular weight is 1020 g/mol. The van der Waals surface area contributed by atoms with E-state index in [0.29, 0.717) is 25.2 Å². The molecule has 1 saturated carbocycles. The lowest BCUT2D eigenvalue weighted by molar-refractivity contribution is 0.0753. The monoisotopic (exact) mass is 1020 g/mol. The van der Waals surface area contributed by atoms with Crippen molar-refractivity contribution in [3.05, 3.63) is 62.0 Å². The SMILES string of the molecule is CC(C)(C)C(=O)n1ccc2c(-c3cnn(C4(CC#N)CCC4)c3)ncnc21.CC(C)N=S(C)(=O)N1CC(CC#N)(n2cc(-c3ncnc4[nH]ccc34)cn2)C1.CC(C)NS(C)(=O)=O.ClC(Cl)Cl. The fourth-order valence-electron chi connectivity index (χ4n) is 7.66. The third kappa shape index (κ3) is 13.0. The van der Waals surface area contributed by atoms with Crippen molar-refractivity contribution in [3.8, 4) is 34.7 Å². The number of H-pyrrole nitrogens is 1. The Morgan fingerprint density at radius 2 is 1.40 bits per heavy atom. The number of hydrogen-bond donors (Lipinski definition) is 2. The standard InChI is InChI=1S/C20H22N6O.C18H22N8OS.C4H11NO2S.CHCl3/c1-19(2,3)18(27)25-10-5-15-16(22-13-23-17(15)25)14-11-24-26(12-14)20(8-9-21)6-4-7-20;1-13(2)24-28(3,27)25-10-18(11-25,5-6-19)26-9-14(8-23-26)16-15-4-7-20-17(15)22-12-21-16;1-4(2)5-8(3,6)7;2-1(3)4/h5,10-13H,4,6-8H2,1-3H3;4,7-9,12-13H,5,10-11H2,1-3H3,(H,20,21,22);4-5H,1-3H3;1H. The Bertz CT molecular complexity index is 2990. The van der Waals surface area contributed by atoms with Gasteiger partial charge in [0.1, 0.15) is 33.8 Å². The van der Waals surface area contributed by atoms with Gasteiger partial charge < -0.3 is 4.98 Å². The molecule has 0 aromatic carbocycles. The number of aromatic amines is 1. The molecule has 360 valence electrons. The number of carbonyl (C=O) groups excluding carboxylic acids is 1. The van der Waals surface area contributed by atoms with E-state index in [2.05, 4.69) is 56.3 Å². The van der Waals surface area contributed by atoms with Gasteiger partial charge in [0, 0.05) is 77.5 Å². The topological polar surface area (TPSA) is 251 Å². The van der Waals surface area contributed by atoms with Crippen molar-refractivity contribution in [1.29, 1.82) is 10.5 Å². The highest BCUT2D eigenvalue weighted by atomic mass is 35.6. The minimum atomic E-state index is -2.97. The van der Waals surface area contributed by atoms with Crippen LogP contribution in [0.3, 0.4) is 0 Å². The molecule has 19 nitrogen and oxygen atoms in total. The van der Waals surface area contributed by atoms with E-state index in [1.807, 2.05) is 79.0 Å². The first-order valence-electron chi connectivity index (χ1n) is 21.2.